The molecule has 0 bridgehead atoms. The normalized spacial score (nSPS) is 11.2. The first-order chi connectivity index (χ1) is 14.7. The van der Waals surface area contributed by atoms with E-state index in [0.717, 1.165) is 11.1 Å². The van der Waals surface area contributed by atoms with Crippen LogP contribution in [0, 0.1) is 13.8 Å². The van der Waals surface area contributed by atoms with E-state index in [4.69, 9.17) is 9.47 Å². The van der Waals surface area contributed by atoms with Crippen molar-refractivity contribution in [1.29, 1.82) is 0 Å². The van der Waals surface area contributed by atoms with Crippen molar-refractivity contribution in [3.8, 4) is 11.5 Å². The SMILES string of the molecule is Cc1cccc(OC(=O)COC(=O)CC(O)C(=O)OCC(=O)Oc2cccc(C)c2)c1. The van der Waals surface area contributed by atoms with Crippen LogP contribution in [-0.2, 0) is 28.7 Å². The Labute approximate surface area is 178 Å². The average Bonchev–Trinajstić information content (AvgIpc) is 2.70. The number of carbonyl (C=O) groups excluding carboxylic acids is 4. The van der Waals surface area contributed by atoms with Gasteiger partial charge in [-0.25, -0.2) is 14.4 Å². The number of rotatable bonds is 9. The highest BCUT2D eigenvalue weighted by atomic mass is 16.6. The number of aryl methyl sites for hydroxylation is 2. The number of carbonyl (C=O) groups is 4. The van der Waals surface area contributed by atoms with Gasteiger partial charge >= 0.3 is 23.9 Å². The van der Waals surface area contributed by atoms with Gasteiger partial charge in [0.25, 0.3) is 0 Å². The van der Waals surface area contributed by atoms with E-state index < -0.39 is 49.6 Å². The van der Waals surface area contributed by atoms with Gasteiger partial charge in [-0.3, -0.25) is 4.79 Å². The Morgan fingerprint density at radius 2 is 1.26 bits per heavy atom. The maximum atomic E-state index is 11.7. The van der Waals surface area contributed by atoms with Gasteiger partial charge in [0, 0.05) is 0 Å². The molecule has 0 aliphatic heterocycles. The Kier molecular flexibility index (Phi) is 8.71. The third-order valence-corrected chi connectivity index (χ3v) is 3.76. The number of aliphatic hydroxyl groups excluding tert-OH is 1. The zero-order valence-corrected chi connectivity index (χ0v) is 17.0. The molecule has 0 aliphatic carbocycles. The van der Waals surface area contributed by atoms with Crippen LogP contribution in [0.1, 0.15) is 17.5 Å². The van der Waals surface area contributed by atoms with Gasteiger partial charge in [-0.05, 0) is 49.2 Å². The molecule has 164 valence electrons. The van der Waals surface area contributed by atoms with Crippen molar-refractivity contribution in [3.05, 3.63) is 59.7 Å². The molecule has 31 heavy (non-hydrogen) atoms. The van der Waals surface area contributed by atoms with Crippen molar-refractivity contribution < 1.29 is 43.2 Å². The number of ether oxygens (including phenoxy) is 4. The molecule has 0 aromatic heterocycles. The molecule has 0 saturated carbocycles. The molecule has 0 spiro atoms. The van der Waals surface area contributed by atoms with E-state index in [1.807, 2.05) is 26.0 Å². The molecule has 0 fully saturated rings. The van der Waals surface area contributed by atoms with Crippen LogP contribution in [0.25, 0.3) is 0 Å². The summed E-state index contributed by atoms with van der Waals surface area (Å²) in [6.07, 6.45) is -2.63. The highest BCUT2D eigenvalue weighted by Crippen LogP contribution is 2.13. The summed E-state index contributed by atoms with van der Waals surface area (Å²) >= 11 is 0. The first kappa shape index (κ1) is 23.6. The molecule has 0 radical (unpaired) electrons. The first-order valence-electron chi connectivity index (χ1n) is 9.28. The fourth-order valence-corrected chi connectivity index (χ4v) is 2.35. The number of benzene rings is 2. The summed E-state index contributed by atoms with van der Waals surface area (Å²) in [4.78, 5) is 46.8. The minimum Gasteiger partial charge on any atom is -0.454 e. The first-order valence-corrected chi connectivity index (χ1v) is 9.28. The molecule has 2 aromatic rings. The molecule has 0 saturated heterocycles. The fraction of sp³-hybridized carbons (Fsp3) is 0.273. The summed E-state index contributed by atoms with van der Waals surface area (Å²) in [7, 11) is 0. The van der Waals surface area contributed by atoms with Crippen LogP contribution in [-0.4, -0.2) is 48.3 Å². The lowest BCUT2D eigenvalue weighted by atomic mass is 10.2. The third-order valence-electron chi connectivity index (χ3n) is 3.76. The van der Waals surface area contributed by atoms with E-state index in [0.29, 0.717) is 5.75 Å². The molecule has 9 heteroatoms. The largest absolute Gasteiger partial charge is 0.454 e. The van der Waals surface area contributed by atoms with Gasteiger partial charge in [0.1, 0.15) is 11.5 Å². The summed E-state index contributed by atoms with van der Waals surface area (Å²) in [5, 5.41) is 9.71. The summed E-state index contributed by atoms with van der Waals surface area (Å²) in [5.74, 6) is -3.33. The van der Waals surface area contributed by atoms with Gasteiger partial charge in [-0.15, -0.1) is 0 Å². The molecule has 0 aliphatic rings. The van der Waals surface area contributed by atoms with E-state index >= 15 is 0 Å². The van der Waals surface area contributed by atoms with Gasteiger partial charge in [0.2, 0.25) is 0 Å². The smallest absolute Gasteiger partial charge is 0.349 e. The minimum atomic E-state index is -1.87. The van der Waals surface area contributed by atoms with Gasteiger partial charge < -0.3 is 24.1 Å². The Morgan fingerprint density at radius 3 is 1.74 bits per heavy atom. The summed E-state index contributed by atoms with van der Waals surface area (Å²) in [6, 6.07) is 13.4. The predicted octanol–water partition coefficient (Wildman–Crippen LogP) is 1.65. The lowest BCUT2D eigenvalue weighted by molar-refractivity contribution is -0.165. The zero-order chi connectivity index (χ0) is 22.8. The van der Waals surface area contributed by atoms with Crippen LogP contribution in [0.3, 0.4) is 0 Å². The zero-order valence-electron chi connectivity index (χ0n) is 17.0. The number of hydrogen-bond donors (Lipinski definition) is 1. The lowest BCUT2D eigenvalue weighted by Gasteiger charge is -2.11. The Morgan fingerprint density at radius 1 is 0.774 bits per heavy atom. The van der Waals surface area contributed by atoms with Gasteiger partial charge in [0.15, 0.2) is 19.3 Å². The number of esters is 4. The molecular weight excluding hydrogens is 408 g/mol. The van der Waals surface area contributed by atoms with Crippen LogP contribution in [0.15, 0.2) is 48.5 Å². The molecule has 2 aromatic carbocycles. The molecule has 9 nitrogen and oxygen atoms in total. The maximum Gasteiger partial charge on any atom is 0.349 e. The van der Waals surface area contributed by atoms with Gasteiger partial charge in [-0.2, -0.15) is 0 Å². The minimum absolute atomic E-state index is 0.280. The van der Waals surface area contributed by atoms with Crippen molar-refractivity contribution in [2.24, 2.45) is 0 Å². The molecular formula is C22H22O9. The van der Waals surface area contributed by atoms with Crippen molar-refractivity contribution in [3.63, 3.8) is 0 Å². The van der Waals surface area contributed by atoms with Gasteiger partial charge in [0.05, 0.1) is 6.42 Å². The summed E-state index contributed by atoms with van der Waals surface area (Å²) in [6.45, 7) is 2.19. The molecule has 1 unspecified atom stereocenters. The van der Waals surface area contributed by atoms with E-state index in [-0.39, 0.29) is 5.75 Å². The van der Waals surface area contributed by atoms with E-state index in [2.05, 4.69) is 9.47 Å². The maximum absolute atomic E-state index is 11.7. The highest BCUT2D eigenvalue weighted by molar-refractivity contribution is 5.84. The topological polar surface area (TPSA) is 125 Å². The van der Waals surface area contributed by atoms with Crippen molar-refractivity contribution in [1.82, 2.24) is 0 Å². The quantitative estimate of drug-likeness (QED) is 0.467. The highest BCUT2D eigenvalue weighted by Gasteiger charge is 2.23. The summed E-state index contributed by atoms with van der Waals surface area (Å²) in [5.41, 5.74) is 1.76. The predicted molar refractivity (Wildman–Crippen MR) is 106 cm³/mol. The molecule has 0 heterocycles. The van der Waals surface area contributed by atoms with Crippen LogP contribution in [0.5, 0.6) is 11.5 Å². The monoisotopic (exact) mass is 430 g/mol. The number of hydrogen-bond acceptors (Lipinski definition) is 9. The fourth-order valence-electron chi connectivity index (χ4n) is 2.35. The molecule has 1 atom stereocenters. The molecule has 1 N–H and O–H groups in total. The molecule has 0 amide bonds. The van der Waals surface area contributed by atoms with Crippen LogP contribution in [0.2, 0.25) is 0 Å². The summed E-state index contributed by atoms with van der Waals surface area (Å²) < 4.78 is 19.3. The Balaban J connectivity index is 1.68. The van der Waals surface area contributed by atoms with Crippen LogP contribution < -0.4 is 9.47 Å². The average molecular weight is 430 g/mol. The standard InChI is InChI=1S/C22H22O9/c1-14-5-3-7-16(9-14)30-20(25)12-28-19(24)11-18(23)22(27)29-13-21(26)31-17-8-4-6-15(2)10-17/h3-10,18,23H,11-13H2,1-2H3. The Hall–Kier alpha value is -3.72. The van der Waals surface area contributed by atoms with E-state index in [1.165, 1.54) is 0 Å². The second-order valence-electron chi connectivity index (χ2n) is 6.57. The van der Waals surface area contributed by atoms with Crippen molar-refractivity contribution in [2.75, 3.05) is 13.2 Å². The van der Waals surface area contributed by atoms with E-state index in [9.17, 15) is 24.3 Å². The lowest BCUT2D eigenvalue weighted by Crippen LogP contribution is -2.30. The van der Waals surface area contributed by atoms with Crippen LogP contribution in [0.4, 0.5) is 0 Å². The number of aliphatic hydroxyl groups is 1. The van der Waals surface area contributed by atoms with Crippen molar-refractivity contribution in [2.45, 2.75) is 26.4 Å². The second kappa shape index (κ2) is 11.5. The Bertz CT molecular complexity index is 952. The second-order valence-corrected chi connectivity index (χ2v) is 6.57. The third kappa shape index (κ3) is 8.67. The van der Waals surface area contributed by atoms with E-state index in [1.54, 1.807) is 36.4 Å². The molecule has 2 rings (SSSR count). The van der Waals surface area contributed by atoms with Crippen LogP contribution >= 0.6 is 0 Å². The van der Waals surface area contributed by atoms with Gasteiger partial charge in [-0.1, -0.05) is 24.3 Å². The van der Waals surface area contributed by atoms with Crippen molar-refractivity contribution >= 4 is 23.9 Å².